The minimum Gasteiger partial charge on any atom is -0.359 e. The van der Waals surface area contributed by atoms with Crippen LogP contribution in [0, 0.1) is 0 Å². The fourth-order valence-electron chi connectivity index (χ4n) is 1.68. The molecule has 0 aromatic carbocycles. The van der Waals surface area contributed by atoms with E-state index >= 15 is 0 Å². The van der Waals surface area contributed by atoms with Crippen molar-refractivity contribution in [2.24, 2.45) is 4.99 Å². The van der Waals surface area contributed by atoms with Crippen LogP contribution in [0.3, 0.4) is 0 Å². The molecule has 0 amide bonds. The van der Waals surface area contributed by atoms with E-state index in [-0.39, 0.29) is 30.5 Å². The van der Waals surface area contributed by atoms with Gasteiger partial charge < -0.3 is 15.2 Å². The summed E-state index contributed by atoms with van der Waals surface area (Å²) < 4.78 is 42.6. The maximum absolute atomic E-state index is 12.5. The number of aryl methyl sites for hydroxylation is 1. The molecule has 134 valence electrons. The summed E-state index contributed by atoms with van der Waals surface area (Å²) in [7, 11) is 1.57. The molecule has 0 unspecified atom stereocenters. The fraction of sp³-hybridized carbons (Fsp3) is 0.462. The molecule has 2 aromatic rings. The quantitative estimate of drug-likeness (QED) is 0.395. The molecule has 0 atom stereocenters. The number of hydrogen-bond donors (Lipinski definition) is 2. The van der Waals surface area contributed by atoms with E-state index in [1.54, 1.807) is 7.05 Å². The molecule has 0 radical (unpaired) electrons. The lowest BCUT2D eigenvalue weighted by atomic mass is 10.3. The van der Waals surface area contributed by atoms with Gasteiger partial charge in [0.25, 0.3) is 0 Å². The smallest absolute Gasteiger partial charge is 0.359 e. The Kier molecular flexibility index (Phi) is 7.93. The Morgan fingerprint density at radius 3 is 2.58 bits per heavy atom. The van der Waals surface area contributed by atoms with E-state index in [1.807, 2.05) is 13.0 Å². The second-order valence-electron chi connectivity index (χ2n) is 4.54. The summed E-state index contributed by atoms with van der Waals surface area (Å²) in [6.45, 7) is 2.49. The van der Waals surface area contributed by atoms with Crippen molar-refractivity contribution in [1.82, 2.24) is 20.8 Å². The van der Waals surface area contributed by atoms with Gasteiger partial charge in [-0.25, -0.2) is 4.98 Å². The van der Waals surface area contributed by atoms with Crippen molar-refractivity contribution in [3.8, 4) is 0 Å². The summed E-state index contributed by atoms with van der Waals surface area (Å²) >= 11 is 0.945. The van der Waals surface area contributed by atoms with Crippen LogP contribution < -0.4 is 10.6 Å². The van der Waals surface area contributed by atoms with E-state index in [1.165, 1.54) is 0 Å². The van der Waals surface area contributed by atoms with Crippen molar-refractivity contribution in [2.45, 2.75) is 32.6 Å². The van der Waals surface area contributed by atoms with E-state index in [0.717, 1.165) is 28.8 Å². The van der Waals surface area contributed by atoms with Crippen LogP contribution in [0.5, 0.6) is 0 Å². The van der Waals surface area contributed by atoms with Gasteiger partial charge in [-0.1, -0.05) is 12.1 Å². The molecule has 0 fully saturated rings. The third-order valence-corrected chi connectivity index (χ3v) is 3.72. The first-order valence-corrected chi connectivity index (χ1v) is 7.71. The largest absolute Gasteiger partial charge is 0.434 e. The number of aliphatic imine (C=N–C) groups is 1. The minimum atomic E-state index is -4.42. The highest BCUT2D eigenvalue weighted by Crippen LogP contribution is 2.29. The molecule has 0 spiro atoms. The predicted molar refractivity (Wildman–Crippen MR) is 95.5 cm³/mol. The summed E-state index contributed by atoms with van der Waals surface area (Å²) in [6, 6.07) is 1.83. The highest BCUT2D eigenvalue weighted by molar-refractivity contribution is 14.0. The predicted octanol–water partition coefficient (Wildman–Crippen LogP) is 3.20. The van der Waals surface area contributed by atoms with Gasteiger partial charge in [-0.05, 0) is 6.42 Å². The first kappa shape index (κ1) is 20.7. The Morgan fingerprint density at radius 1 is 1.33 bits per heavy atom. The second kappa shape index (κ2) is 9.20. The zero-order valence-corrected chi connectivity index (χ0v) is 16.1. The van der Waals surface area contributed by atoms with Crippen LogP contribution in [0.4, 0.5) is 13.2 Å². The van der Waals surface area contributed by atoms with Gasteiger partial charge in [0.05, 0.1) is 18.8 Å². The van der Waals surface area contributed by atoms with Gasteiger partial charge in [0.2, 0.25) is 0 Å². The van der Waals surface area contributed by atoms with Crippen molar-refractivity contribution in [3.05, 3.63) is 33.6 Å². The zero-order chi connectivity index (χ0) is 16.9. The molecule has 2 rings (SSSR count). The van der Waals surface area contributed by atoms with Gasteiger partial charge in [-0.3, -0.25) is 4.99 Å². The first-order chi connectivity index (χ1) is 10.9. The molecule has 0 aliphatic heterocycles. The SMILES string of the molecule is CCc1cc(CNC(=NC)NCc2nc(C(F)(F)F)cs2)on1.I. The van der Waals surface area contributed by atoms with Crippen LogP contribution in [0.1, 0.15) is 29.1 Å². The first-order valence-electron chi connectivity index (χ1n) is 6.83. The van der Waals surface area contributed by atoms with Crippen LogP contribution in [0.15, 0.2) is 21.0 Å². The lowest BCUT2D eigenvalue weighted by molar-refractivity contribution is -0.140. The Bertz CT molecular complexity index is 671. The fourth-order valence-corrected chi connectivity index (χ4v) is 2.42. The Hall–Kier alpha value is -1.37. The molecular weight excluding hydrogens is 458 g/mol. The van der Waals surface area contributed by atoms with Crippen molar-refractivity contribution in [1.29, 1.82) is 0 Å². The van der Waals surface area contributed by atoms with Crippen LogP contribution in [-0.2, 0) is 25.7 Å². The lowest BCUT2D eigenvalue weighted by Gasteiger charge is -2.09. The molecule has 24 heavy (non-hydrogen) atoms. The summed E-state index contributed by atoms with van der Waals surface area (Å²) in [5.74, 6) is 1.08. The number of nitrogens with one attached hydrogen (secondary N) is 2. The van der Waals surface area contributed by atoms with E-state index in [0.29, 0.717) is 23.3 Å². The number of rotatable bonds is 5. The van der Waals surface area contributed by atoms with E-state index < -0.39 is 11.9 Å². The number of aromatic nitrogens is 2. The van der Waals surface area contributed by atoms with Gasteiger partial charge >= 0.3 is 6.18 Å². The standard InChI is InChI=1S/C13H16F3N5OS.HI/c1-3-8-4-9(22-21-8)5-18-12(17-2)19-6-11-20-10(7-23-11)13(14,15)16;/h4,7H,3,5-6H2,1-2H3,(H2,17,18,19);1H. The van der Waals surface area contributed by atoms with Gasteiger partial charge in [0.15, 0.2) is 17.4 Å². The third kappa shape index (κ3) is 5.92. The number of thiazole rings is 1. The zero-order valence-electron chi connectivity index (χ0n) is 13.0. The van der Waals surface area contributed by atoms with Gasteiger partial charge in [-0.2, -0.15) is 13.2 Å². The molecule has 0 bridgehead atoms. The number of guanidine groups is 1. The molecule has 0 saturated carbocycles. The normalized spacial score (nSPS) is 12.0. The Labute approximate surface area is 158 Å². The van der Waals surface area contributed by atoms with E-state index in [9.17, 15) is 13.2 Å². The average molecular weight is 475 g/mol. The molecule has 11 heteroatoms. The van der Waals surface area contributed by atoms with Crippen molar-refractivity contribution < 1.29 is 17.7 Å². The Morgan fingerprint density at radius 2 is 2.04 bits per heavy atom. The van der Waals surface area contributed by atoms with Crippen LogP contribution in [-0.4, -0.2) is 23.1 Å². The van der Waals surface area contributed by atoms with Crippen molar-refractivity contribution in [3.63, 3.8) is 0 Å². The second-order valence-corrected chi connectivity index (χ2v) is 5.48. The molecule has 6 nitrogen and oxygen atoms in total. The monoisotopic (exact) mass is 475 g/mol. The average Bonchev–Trinajstić information content (AvgIpc) is 3.15. The summed E-state index contributed by atoms with van der Waals surface area (Å²) in [6.07, 6.45) is -3.64. The Balaban J connectivity index is 0.00000288. The van der Waals surface area contributed by atoms with Gasteiger partial charge in [-0.15, -0.1) is 35.3 Å². The van der Waals surface area contributed by atoms with Gasteiger partial charge in [0, 0.05) is 18.5 Å². The molecule has 0 aliphatic rings. The number of halogens is 4. The maximum Gasteiger partial charge on any atom is 0.434 e. The molecular formula is C13H17F3IN5OS. The molecule has 2 heterocycles. The van der Waals surface area contributed by atoms with Crippen LogP contribution in [0.25, 0.3) is 0 Å². The van der Waals surface area contributed by atoms with E-state index in [4.69, 9.17) is 4.52 Å². The van der Waals surface area contributed by atoms with E-state index in [2.05, 4.69) is 25.8 Å². The molecule has 0 saturated heterocycles. The van der Waals surface area contributed by atoms with Crippen molar-refractivity contribution in [2.75, 3.05) is 7.05 Å². The lowest BCUT2D eigenvalue weighted by Crippen LogP contribution is -2.36. The molecule has 2 N–H and O–H groups in total. The molecule has 2 aromatic heterocycles. The van der Waals surface area contributed by atoms with Gasteiger partial charge in [0.1, 0.15) is 5.01 Å². The number of alkyl halides is 3. The molecule has 0 aliphatic carbocycles. The maximum atomic E-state index is 12.5. The minimum absolute atomic E-state index is 0. The van der Waals surface area contributed by atoms with Crippen LogP contribution >= 0.6 is 35.3 Å². The topological polar surface area (TPSA) is 75.3 Å². The number of nitrogens with zero attached hydrogens (tertiary/aromatic N) is 3. The highest BCUT2D eigenvalue weighted by atomic mass is 127. The van der Waals surface area contributed by atoms with Crippen LogP contribution in [0.2, 0.25) is 0 Å². The highest BCUT2D eigenvalue weighted by Gasteiger charge is 2.33. The summed E-state index contributed by atoms with van der Waals surface area (Å²) in [5, 5.41) is 11.1. The number of hydrogen-bond acceptors (Lipinski definition) is 5. The third-order valence-electron chi connectivity index (χ3n) is 2.87. The summed E-state index contributed by atoms with van der Waals surface area (Å²) in [5.41, 5.74) is -0.0248. The van der Waals surface area contributed by atoms with Crippen molar-refractivity contribution >= 4 is 41.3 Å². The summed E-state index contributed by atoms with van der Waals surface area (Å²) in [4.78, 5) is 7.53.